The Bertz CT molecular complexity index is 589. The van der Waals surface area contributed by atoms with Crippen LogP contribution in [0.2, 0.25) is 0 Å². The Morgan fingerprint density at radius 2 is 2.00 bits per heavy atom. The highest BCUT2D eigenvalue weighted by molar-refractivity contribution is 9.10. The lowest BCUT2D eigenvalue weighted by molar-refractivity contribution is 0.0783. The van der Waals surface area contributed by atoms with Gasteiger partial charge in [0.2, 0.25) is 0 Å². The van der Waals surface area contributed by atoms with Gasteiger partial charge in [0.1, 0.15) is 5.82 Å². The molecule has 0 saturated carbocycles. The van der Waals surface area contributed by atoms with Crippen LogP contribution < -0.4 is 0 Å². The van der Waals surface area contributed by atoms with E-state index in [-0.39, 0.29) is 5.91 Å². The molecule has 0 spiro atoms. The van der Waals surface area contributed by atoms with Crippen molar-refractivity contribution >= 4 is 21.8 Å². The van der Waals surface area contributed by atoms with Crippen LogP contribution in [0, 0.1) is 5.82 Å². The first-order valence-electron chi connectivity index (χ1n) is 5.67. The molecule has 3 nitrogen and oxygen atoms in total. The van der Waals surface area contributed by atoms with E-state index in [9.17, 15) is 9.18 Å². The fourth-order valence-corrected chi connectivity index (χ4v) is 2.12. The average molecular weight is 323 g/mol. The molecule has 19 heavy (non-hydrogen) atoms. The van der Waals surface area contributed by atoms with Crippen LogP contribution in [0.15, 0.2) is 47.2 Å². The number of carbonyl (C=O) groups is 1. The van der Waals surface area contributed by atoms with Gasteiger partial charge in [-0.2, -0.15) is 0 Å². The average Bonchev–Trinajstić information content (AvgIpc) is 2.42. The van der Waals surface area contributed by atoms with Gasteiger partial charge in [0.25, 0.3) is 5.91 Å². The number of rotatable bonds is 3. The summed E-state index contributed by atoms with van der Waals surface area (Å²) in [6.45, 7) is 0.449. The van der Waals surface area contributed by atoms with E-state index < -0.39 is 5.82 Å². The number of carbonyl (C=O) groups excluding carboxylic acids is 1. The van der Waals surface area contributed by atoms with Crippen molar-refractivity contribution in [2.75, 3.05) is 7.05 Å². The molecule has 5 heteroatoms. The van der Waals surface area contributed by atoms with Crippen LogP contribution in [0.25, 0.3) is 0 Å². The molecule has 1 amide bonds. The summed E-state index contributed by atoms with van der Waals surface area (Å²) in [7, 11) is 1.68. The topological polar surface area (TPSA) is 33.2 Å². The van der Waals surface area contributed by atoms with Crippen molar-refractivity contribution in [1.82, 2.24) is 9.88 Å². The number of amides is 1. The van der Waals surface area contributed by atoms with Crippen molar-refractivity contribution in [1.29, 1.82) is 0 Å². The Hall–Kier alpha value is -1.75. The molecule has 0 radical (unpaired) electrons. The van der Waals surface area contributed by atoms with Gasteiger partial charge in [-0.1, -0.05) is 0 Å². The molecule has 1 heterocycles. The molecular formula is C14H12BrFN2O. The normalized spacial score (nSPS) is 10.3. The number of hydrogen-bond donors (Lipinski definition) is 0. The summed E-state index contributed by atoms with van der Waals surface area (Å²) >= 11 is 3.26. The maximum Gasteiger partial charge on any atom is 0.255 e. The number of halogens is 2. The summed E-state index contributed by atoms with van der Waals surface area (Å²) in [6.07, 6.45) is 3.34. The van der Waals surface area contributed by atoms with Gasteiger partial charge in [0.15, 0.2) is 0 Å². The molecule has 0 fully saturated rings. The van der Waals surface area contributed by atoms with Gasteiger partial charge in [-0.3, -0.25) is 9.78 Å². The number of aromatic nitrogens is 1. The summed E-state index contributed by atoms with van der Waals surface area (Å²) in [5, 5.41) is 0. The lowest BCUT2D eigenvalue weighted by Crippen LogP contribution is -2.26. The lowest BCUT2D eigenvalue weighted by Gasteiger charge is -2.18. The summed E-state index contributed by atoms with van der Waals surface area (Å²) in [5.74, 6) is -0.660. The maximum atomic E-state index is 13.2. The lowest BCUT2D eigenvalue weighted by atomic mass is 10.2. The predicted molar refractivity (Wildman–Crippen MR) is 74.1 cm³/mol. The zero-order valence-electron chi connectivity index (χ0n) is 10.3. The van der Waals surface area contributed by atoms with Crippen LogP contribution >= 0.6 is 15.9 Å². The third-order valence-electron chi connectivity index (χ3n) is 2.67. The Morgan fingerprint density at radius 1 is 1.32 bits per heavy atom. The van der Waals surface area contributed by atoms with Crippen LogP contribution in [-0.2, 0) is 6.54 Å². The Labute approximate surface area is 119 Å². The van der Waals surface area contributed by atoms with E-state index in [4.69, 9.17) is 0 Å². The predicted octanol–water partition coefficient (Wildman–Crippen LogP) is 3.26. The standard InChI is InChI=1S/C14H12BrFN2O/c1-18(9-10-4-6-17-7-5-10)14(19)12-8-11(16)2-3-13(12)15/h2-8H,9H2,1H3. The van der Waals surface area contributed by atoms with E-state index in [1.54, 1.807) is 19.4 Å². The van der Waals surface area contributed by atoms with Crippen LogP contribution in [-0.4, -0.2) is 22.8 Å². The molecule has 2 rings (SSSR count). The van der Waals surface area contributed by atoms with Crippen molar-refractivity contribution in [3.8, 4) is 0 Å². The number of hydrogen-bond acceptors (Lipinski definition) is 2. The zero-order valence-corrected chi connectivity index (χ0v) is 11.9. The molecule has 0 saturated heterocycles. The molecule has 0 N–H and O–H groups in total. The molecule has 0 atom stereocenters. The van der Waals surface area contributed by atoms with Crippen molar-refractivity contribution in [3.05, 3.63) is 64.1 Å². The summed E-state index contributed by atoms with van der Waals surface area (Å²) in [6, 6.07) is 7.75. The Morgan fingerprint density at radius 3 is 2.68 bits per heavy atom. The van der Waals surface area contributed by atoms with Gasteiger partial charge in [-0.25, -0.2) is 4.39 Å². The summed E-state index contributed by atoms with van der Waals surface area (Å²) in [5.41, 5.74) is 1.29. The van der Waals surface area contributed by atoms with Crippen molar-refractivity contribution in [2.24, 2.45) is 0 Å². The van der Waals surface area contributed by atoms with Gasteiger partial charge in [0, 0.05) is 30.5 Å². The van der Waals surface area contributed by atoms with Gasteiger partial charge in [-0.15, -0.1) is 0 Å². The number of benzene rings is 1. The molecule has 2 aromatic rings. The van der Waals surface area contributed by atoms with E-state index in [2.05, 4.69) is 20.9 Å². The van der Waals surface area contributed by atoms with Crippen LogP contribution in [0.4, 0.5) is 4.39 Å². The molecule has 0 aliphatic rings. The minimum Gasteiger partial charge on any atom is -0.337 e. The van der Waals surface area contributed by atoms with Crippen LogP contribution in [0.3, 0.4) is 0 Å². The highest BCUT2D eigenvalue weighted by atomic mass is 79.9. The van der Waals surface area contributed by atoms with E-state index in [0.29, 0.717) is 16.6 Å². The second kappa shape index (κ2) is 5.93. The van der Waals surface area contributed by atoms with E-state index in [1.807, 2.05) is 12.1 Å². The van der Waals surface area contributed by atoms with Gasteiger partial charge >= 0.3 is 0 Å². The first kappa shape index (κ1) is 13.7. The van der Waals surface area contributed by atoms with Crippen LogP contribution in [0.1, 0.15) is 15.9 Å². The van der Waals surface area contributed by atoms with E-state index in [0.717, 1.165) is 5.56 Å². The van der Waals surface area contributed by atoms with Crippen molar-refractivity contribution in [3.63, 3.8) is 0 Å². The van der Waals surface area contributed by atoms with Gasteiger partial charge in [-0.05, 0) is 51.8 Å². The largest absolute Gasteiger partial charge is 0.337 e. The van der Waals surface area contributed by atoms with E-state index >= 15 is 0 Å². The van der Waals surface area contributed by atoms with Gasteiger partial charge in [0.05, 0.1) is 5.56 Å². The Kier molecular flexibility index (Phi) is 4.27. The molecule has 0 unspecified atom stereocenters. The number of pyridine rings is 1. The molecule has 1 aromatic heterocycles. The third kappa shape index (κ3) is 3.38. The highest BCUT2D eigenvalue weighted by Crippen LogP contribution is 2.20. The monoisotopic (exact) mass is 322 g/mol. The van der Waals surface area contributed by atoms with Crippen LogP contribution in [0.5, 0.6) is 0 Å². The molecule has 98 valence electrons. The summed E-state index contributed by atoms with van der Waals surface area (Å²) < 4.78 is 13.8. The minimum atomic E-state index is -0.427. The molecule has 1 aromatic carbocycles. The quantitative estimate of drug-likeness (QED) is 0.869. The fraction of sp³-hybridized carbons (Fsp3) is 0.143. The first-order valence-corrected chi connectivity index (χ1v) is 6.46. The first-order chi connectivity index (χ1) is 9.08. The van der Waals surface area contributed by atoms with Crippen molar-refractivity contribution in [2.45, 2.75) is 6.54 Å². The SMILES string of the molecule is CN(Cc1ccncc1)C(=O)c1cc(F)ccc1Br. The van der Waals surface area contributed by atoms with Crippen molar-refractivity contribution < 1.29 is 9.18 Å². The van der Waals surface area contributed by atoms with Gasteiger partial charge < -0.3 is 4.90 Å². The summed E-state index contributed by atoms with van der Waals surface area (Å²) in [4.78, 5) is 17.7. The third-order valence-corrected chi connectivity index (χ3v) is 3.37. The molecule has 0 aliphatic heterocycles. The molecule has 0 aliphatic carbocycles. The zero-order chi connectivity index (χ0) is 13.8. The van der Waals surface area contributed by atoms with E-state index in [1.165, 1.54) is 23.1 Å². The smallest absolute Gasteiger partial charge is 0.255 e. The molecular weight excluding hydrogens is 311 g/mol. The fourth-order valence-electron chi connectivity index (χ4n) is 1.70. The number of nitrogens with zero attached hydrogens (tertiary/aromatic N) is 2. The highest BCUT2D eigenvalue weighted by Gasteiger charge is 2.15. The maximum absolute atomic E-state index is 13.2. The molecule has 0 bridgehead atoms. The minimum absolute atomic E-state index is 0.233. The Balaban J connectivity index is 2.17. The second-order valence-electron chi connectivity index (χ2n) is 4.14. The second-order valence-corrected chi connectivity index (χ2v) is 5.00.